The van der Waals surface area contributed by atoms with Crippen LogP contribution in [0.25, 0.3) is 5.70 Å². The maximum Gasteiger partial charge on any atom is 0.338 e. The molecule has 206 valence electrons. The Morgan fingerprint density at radius 2 is 1.75 bits per heavy atom. The SMILES string of the molecule is CCOC(=O)c1ccc2c(c1)NC(=C(Nc1ccc(N(C(=O)CN)C(C)C)c(C(=O)O)c1)c1ccccc1)C2=O. The second-order valence-electron chi connectivity index (χ2n) is 9.27. The molecule has 10 heteroatoms. The molecule has 0 saturated heterocycles. The minimum Gasteiger partial charge on any atom is -0.478 e. The number of fused-ring (bicyclic) bond motifs is 1. The number of amides is 1. The average Bonchev–Trinajstić information content (AvgIpc) is 3.27. The highest BCUT2D eigenvalue weighted by Gasteiger charge is 2.30. The van der Waals surface area contributed by atoms with Crippen molar-refractivity contribution in [1.29, 1.82) is 0 Å². The summed E-state index contributed by atoms with van der Waals surface area (Å²) < 4.78 is 5.08. The lowest BCUT2D eigenvalue weighted by Gasteiger charge is -2.28. The van der Waals surface area contributed by atoms with Gasteiger partial charge in [-0.25, -0.2) is 9.59 Å². The molecule has 0 atom stereocenters. The number of benzene rings is 3. The molecular weight excluding hydrogens is 512 g/mol. The lowest BCUT2D eigenvalue weighted by atomic mass is 10.0. The molecule has 0 radical (unpaired) electrons. The quantitative estimate of drug-likeness (QED) is 0.228. The van der Waals surface area contributed by atoms with Crippen LogP contribution in [0.1, 0.15) is 57.4 Å². The number of carboxylic acid groups (broad SMARTS) is 1. The molecule has 0 bridgehead atoms. The fraction of sp³-hybridized carbons (Fsp3) is 0.200. The third-order valence-corrected chi connectivity index (χ3v) is 6.29. The minimum atomic E-state index is -1.22. The molecule has 40 heavy (non-hydrogen) atoms. The van der Waals surface area contributed by atoms with Crippen LogP contribution in [0.3, 0.4) is 0 Å². The van der Waals surface area contributed by atoms with Crippen molar-refractivity contribution in [3.8, 4) is 0 Å². The average molecular weight is 543 g/mol. The van der Waals surface area contributed by atoms with Crippen molar-refractivity contribution in [2.45, 2.75) is 26.8 Å². The standard InChI is InChI=1S/C30H30N4O6/c1-4-40-30(39)19-10-12-21-23(14-19)33-27(28(21)36)26(18-8-6-5-7-9-18)32-20-11-13-24(22(15-20)29(37)38)34(17(2)3)25(35)16-31/h5-15,17,32-33H,4,16,31H2,1-3H3,(H,37,38). The number of rotatable bonds is 9. The molecule has 1 heterocycles. The Morgan fingerprint density at radius 1 is 1.02 bits per heavy atom. The first-order valence-electron chi connectivity index (χ1n) is 12.7. The zero-order valence-corrected chi connectivity index (χ0v) is 22.4. The normalized spacial score (nSPS) is 13.4. The van der Waals surface area contributed by atoms with E-state index in [9.17, 15) is 24.3 Å². The van der Waals surface area contributed by atoms with Crippen LogP contribution in [0, 0.1) is 0 Å². The summed E-state index contributed by atoms with van der Waals surface area (Å²) in [4.78, 5) is 51.8. The summed E-state index contributed by atoms with van der Waals surface area (Å²) in [6, 6.07) is 18.0. The second kappa shape index (κ2) is 11.8. The van der Waals surface area contributed by atoms with Crippen LogP contribution >= 0.6 is 0 Å². The largest absolute Gasteiger partial charge is 0.478 e. The van der Waals surface area contributed by atoms with Crippen LogP contribution in [0.2, 0.25) is 0 Å². The number of nitrogens with one attached hydrogen (secondary N) is 2. The summed E-state index contributed by atoms with van der Waals surface area (Å²) in [6.07, 6.45) is 0. The monoisotopic (exact) mass is 542 g/mol. The van der Waals surface area contributed by atoms with Crippen LogP contribution in [0.15, 0.2) is 72.4 Å². The third kappa shape index (κ3) is 5.57. The highest BCUT2D eigenvalue weighted by molar-refractivity contribution is 6.23. The summed E-state index contributed by atoms with van der Waals surface area (Å²) in [6.45, 7) is 5.21. The molecule has 0 unspecified atom stereocenters. The van der Waals surface area contributed by atoms with Gasteiger partial charge >= 0.3 is 11.9 Å². The lowest BCUT2D eigenvalue weighted by Crippen LogP contribution is -2.41. The Morgan fingerprint density at radius 3 is 2.38 bits per heavy atom. The topological polar surface area (TPSA) is 151 Å². The van der Waals surface area contributed by atoms with Gasteiger partial charge in [0.15, 0.2) is 0 Å². The number of ether oxygens (including phenoxy) is 1. The van der Waals surface area contributed by atoms with Crippen molar-refractivity contribution < 1.29 is 29.0 Å². The first-order valence-corrected chi connectivity index (χ1v) is 12.7. The lowest BCUT2D eigenvalue weighted by molar-refractivity contribution is -0.117. The van der Waals surface area contributed by atoms with E-state index >= 15 is 0 Å². The van der Waals surface area contributed by atoms with E-state index < -0.39 is 17.8 Å². The Balaban J connectivity index is 1.79. The molecule has 0 aromatic heterocycles. The summed E-state index contributed by atoms with van der Waals surface area (Å²) in [5.41, 5.74) is 8.50. The van der Waals surface area contributed by atoms with Crippen LogP contribution in [0.4, 0.5) is 17.1 Å². The fourth-order valence-electron chi connectivity index (χ4n) is 4.51. The predicted molar refractivity (Wildman–Crippen MR) is 152 cm³/mol. The number of hydrogen-bond acceptors (Lipinski definition) is 8. The zero-order valence-electron chi connectivity index (χ0n) is 22.4. The van der Waals surface area contributed by atoms with Gasteiger partial charge in [-0.05, 0) is 57.2 Å². The Labute approximate surface area is 231 Å². The number of carboxylic acids is 1. The Bertz CT molecular complexity index is 1510. The van der Waals surface area contributed by atoms with Gasteiger partial charge in [0, 0.05) is 22.9 Å². The molecule has 0 fully saturated rings. The van der Waals surface area contributed by atoms with Gasteiger partial charge in [-0.1, -0.05) is 30.3 Å². The first-order chi connectivity index (χ1) is 19.2. The van der Waals surface area contributed by atoms with Crippen LogP contribution < -0.4 is 21.3 Å². The predicted octanol–water partition coefficient (Wildman–Crippen LogP) is 4.35. The summed E-state index contributed by atoms with van der Waals surface area (Å²) in [5, 5.41) is 16.3. The van der Waals surface area contributed by atoms with Gasteiger partial charge < -0.3 is 31.1 Å². The number of nitrogens with two attached hydrogens (primary N) is 1. The van der Waals surface area contributed by atoms with E-state index in [1.54, 1.807) is 39.0 Å². The summed E-state index contributed by atoms with van der Waals surface area (Å²) >= 11 is 0. The van der Waals surface area contributed by atoms with Gasteiger partial charge in [-0.3, -0.25) is 9.59 Å². The highest BCUT2D eigenvalue weighted by Crippen LogP contribution is 2.35. The van der Waals surface area contributed by atoms with E-state index in [0.717, 1.165) is 0 Å². The molecule has 0 spiro atoms. The van der Waals surface area contributed by atoms with Crippen molar-refractivity contribution >= 4 is 46.4 Å². The molecule has 0 saturated carbocycles. The molecule has 0 aliphatic carbocycles. The number of Topliss-reactive ketones (excluding diaryl/α,β-unsaturated/α-hetero) is 1. The highest BCUT2D eigenvalue weighted by atomic mass is 16.5. The Hall–Kier alpha value is -4.96. The van der Waals surface area contributed by atoms with Crippen molar-refractivity contribution in [2.24, 2.45) is 5.73 Å². The van der Waals surface area contributed by atoms with Gasteiger partial charge in [0.2, 0.25) is 11.7 Å². The van der Waals surface area contributed by atoms with Gasteiger partial charge in [0.25, 0.3) is 0 Å². The van der Waals surface area contributed by atoms with E-state index in [4.69, 9.17) is 10.5 Å². The van der Waals surface area contributed by atoms with E-state index in [0.29, 0.717) is 33.8 Å². The fourth-order valence-corrected chi connectivity index (χ4v) is 4.51. The maximum atomic E-state index is 13.5. The smallest absolute Gasteiger partial charge is 0.338 e. The van der Waals surface area contributed by atoms with Crippen molar-refractivity contribution in [1.82, 2.24) is 0 Å². The molecule has 10 nitrogen and oxygen atoms in total. The number of anilines is 3. The van der Waals surface area contributed by atoms with Crippen molar-refractivity contribution in [2.75, 3.05) is 28.7 Å². The van der Waals surface area contributed by atoms with Crippen molar-refractivity contribution in [3.63, 3.8) is 0 Å². The van der Waals surface area contributed by atoms with E-state index in [1.165, 1.54) is 23.1 Å². The van der Waals surface area contributed by atoms with E-state index in [1.807, 2.05) is 30.3 Å². The second-order valence-corrected chi connectivity index (χ2v) is 9.27. The first kappa shape index (κ1) is 28.1. The number of aromatic carboxylic acids is 1. The minimum absolute atomic E-state index is 0.106. The Kier molecular flexibility index (Phi) is 8.30. The van der Waals surface area contributed by atoms with Gasteiger partial charge in [-0.15, -0.1) is 0 Å². The van der Waals surface area contributed by atoms with Gasteiger partial charge in [0.05, 0.1) is 41.4 Å². The molecule has 4 rings (SSSR count). The molecule has 1 amide bonds. The third-order valence-electron chi connectivity index (χ3n) is 6.29. The van der Waals surface area contributed by atoms with Crippen LogP contribution in [0.5, 0.6) is 0 Å². The number of carbonyl (C=O) groups excluding carboxylic acids is 3. The number of hydrogen-bond donors (Lipinski definition) is 4. The summed E-state index contributed by atoms with van der Waals surface area (Å²) in [7, 11) is 0. The van der Waals surface area contributed by atoms with Crippen LogP contribution in [-0.4, -0.2) is 47.9 Å². The molecular formula is C30H30N4O6. The number of ketones is 1. The number of nitrogens with zero attached hydrogens (tertiary/aromatic N) is 1. The summed E-state index contributed by atoms with van der Waals surface area (Å²) in [5.74, 6) is -2.43. The molecule has 1 aliphatic rings. The van der Waals surface area contributed by atoms with Gasteiger partial charge in [-0.2, -0.15) is 0 Å². The number of esters is 1. The molecule has 3 aromatic rings. The van der Waals surface area contributed by atoms with E-state index in [2.05, 4.69) is 10.6 Å². The molecule has 3 aromatic carbocycles. The van der Waals surface area contributed by atoms with Crippen molar-refractivity contribution in [3.05, 3.63) is 94.7 Å². The maximum absolute atomic E-state index is 13.5. The van der Waals surface area contributed by atoms with E-state index in [-0.39, 0.29) is 41.9 Å². The molecule has 1 aliphatic heterocycles. The zero-order chi connectivity index (χ0) is 29.0. The molecule has 5 N–H and O–H groups in total. The van der Waals surface area contributed by atoms with Crippen LogP contribution in [-0.2, 0) is 9.53 Å². The van der Waals surface area contributed by atoms with Gasteiger partial charge in [0.1, 0.15) is 5.70 Å². The number of carbonyl (C=O) groups is 4. The number of allylic oxidation sites excluding steroid dienone is 1.